The molecule has 0 heterocycles. The number of halogens is 1. The second kappa shape index (κ2) is 4.52. The largest absolute Gasteiger partial charge is 0.370 e. The summed E-state index contributed by atoms with van der Waals surface area (Å²) >= 11 is 3.39. The van der Waals surface area contributed by atoms with Crippen LogP contribution in [-0.4, -0.2) is 12.1 Å². The molecule has 0 spiro atoms. The quantitative estimate of drug-likeness (QED) is 0.704. The van der Waals surface area contributed by atoms with E-state index in [1.807, 2.05) is 18.2 Å². The molecule has 1 aromatic carbocycles. The lowest BCUT2D eigenvalue weighted by molar-refractivity contribution is 0.179. The van der Waals surface area contributed by atoms with Crippen molar-refractivity contribution in [3.05, 3.63) is 35.9 Å². The number of methoxy groups -OCH3 is 1. The highest BCUT2D eigenvalue weighted by Crippen LogP contribution is 2.09. The first-order valence-electron chi connectivity index (χ1n) is 3.53. The van der Waals surface area contributed by atoms with E-state index in [1.165, 1.54) is 5.56 Å². The molecule has 1 aromatic rings. The van der Waals surface area contributed by atoms with Crippen LogP contribution in [0, 0.1) is 0 Å². The Balaban J connectivity index is 2.51. The fourth-order valence-electron chi connectivity index (χ4n) is 0.883. The van der Waals surface area contributed by atoms with Crippen molar-refractivity contribution in [2.24, 2.45) is 0 Å². The molecule has 0 amide bonds. The average Bonchev–Trinajstić information content (AvgIpc) is 2.06. The molecule has 1 nitrogen and oxygen atoms in total. The molecule has 1 rings (SSSR count). The van der Waals surface area contributed by atoms with E-state index < -0.39 is 0 Å². The number of hydrogen-bond donors (Lipinski definition) is 0. The maximum Gasteiger partial charge on any atom is 0.116 e. The van der Waals surface area contributed by atoms with Crippen LogP contribution in [0.1, 0.15) is 5.56 Å². The molecule has 0 saturated carbocycles. The van der Waals surface area contributed by atoms with E-state index in [-0.39, 0.29) is 5.01 Å². The lowest BCUT2D eigenvalue weighted by Crippen LogP contribution is -2.04. The van der Waals surface area contributed by atoms with Crippen LogP contribution in [0.4, 0.5) is 0 Å². The molecule has 0 radical (unpaired) electrons. The summed E-state index contributed by atoms with van der Waals surface area (Å²) in [5.41, 5.74) is 1.29. The van der Waals surface area contributed by atoms with Crippen LogP contribution in [0.5, 0.6) is 0 Å². The maximum absolute atomic E-state index is 5.07. The van der Waals surface area contributed by atoms with Gasteiger partial charge in [-0.15, -0.1) is 0 Å². The summed E-state index contributed by atoms with van der Waals surface area (Å²) in [6, 6.07) is 10.3. The summed E-state index contributed by atoms with van der Waals surface area (Å²) in [6.07, 6.45) is 0.914. The molecule has 0 aliphatic rings. The van der Waals surface area contributed by atoms with Gasteiger partial charge in [-0.1, -0.05) is 46.3 Å². The molecule has 1 atom stereocenters. The van der Waals surface area contributed by atoms with Crippen LogP contribution >= 0.6 is 15.9 Å². The van der Waals surface area contributed by atoms with Crippen molar-refractivity contribution in [3.8, 4) is 0 Å². The fraction of sp³-hybridized carbons (Fsp3) is 0.333. The first-order chi connectivity index (χ1) is 5.33. The molecule has 2 heteroatoms. The molecule has 0 fully saturated rings. The van der Waals surface area contributed by atoms with Crippen LogP contribution in [0.2, 0.25) is 0 Å². The van der Waals surface area contributed by atoms with Gasteiger partial charge in [0, 0.05) is 13.5 Å². The summed E-state index contributed by atoms with van der Waals surface area (Å²) in [5, 5.41) is 0.130. The predicted molar refractivity (Wildman–Crippen MR) is 49.9 cm³/mol. The predicted octanol–water partition coefficient (Wildman–Crippen LogP) is 2.60. The first kappa shape index (κ1) is 8.75. The highest BCUT2D eigenvalue weighted by molar-refractivity contribution is 9.09. The Morgan fingerprint density at radius 1 is 1.36 bits per heavy atom. The van der Waals surface area contributed by atoms with Gasteiger partial charge in [-0.3, -0.25) is 0 Å². The minimum Gasteiger partial charge on any atom is -0.370 e. The van der Waals surface area contributed by atoms with Gasteiger partial charge in [0.1, 0.15) is 5.01 Å². The highest BCUT2D eigenvalue weighted by atomic mass is 79.9. The summed E-state index contributed by atoms with van der Waals surface area (Å²) < 4.78 is 5.07. The van der Waals surface area contributed by atoms with Crippen LogP contribution in [0.15, 0.2) is 30.3 Å². The summed E-state index contributed by atoms with van der Waals surface area (Å²) in [7, 11) is 1.70. The number of rotatable bonds is 3. The van der Waals surface area contributed by atoms with E-state index in [0.717, 1.165) is 6.42 Å². The Bertz CT molecular complexity index is 198. The smallest absolute Gasteiger partial charge is 0.116 e. The summed E-state index contributed by atoms with van der Waals surface area (Å²) in [4.78, 5) is 0. The molecule has 0 N–H and O–H groups in total. The van der Waals surface area contributed by atoms with E-state index in [4.69, 9.17) is 4.74 Å². The van der Waals surface area contributed by atoms with Gasteiger partial charge in [-0.05, 0) is 5.56 Å². The molecule has 0 aliphatic carbocycles. The number of benzene rings is 1. The molecule has 0 aliphatic heterocycles. The molecule has 60 valence electrons. The minimum atomic E-state index is 0.130. The van der Waals surface area contributed by atoms with Gasteiger partial charge in [-0.2, -0.15) is 0 Å². The standard InChI is InChI=1S/C9H11BrO/c1-11-9(10)7-8-5-3-2-4-6-8/h2-6,9H,7H2,1H3. The molecular formula is C9H11BrO. The Kier molecular flexibility index (Phi) is 3.60. The van der Waals surface area contributed by atoms with Gasteiger partial charge in [0.05, 0.1) is 0 Å². The highest BCUT2D eigenvalue weighted by Gasteiger charge is 2.01. The Morgan fingerprint density at radius 2 is 2.00 bits per heavy atom. The van der Waals surface area contributed by atoms with Crippen molar-refractivity contribution in [2.75, 3.05) is 7.11 Å². The van der Waals surface area contributed by atoms with Gasteiger partial charge in [0.2, 0.25) is 0 Å². The zero-order valence-electron chi connectivity index (χ0n) is 6.46. The summed E-state index contributed by atoms with van der Waals surface area (Å²) in [6.45, 7) is 0. The monoisotopic (exact) mass is 214 g/mol. The van der Waals surface area contributed by atoms with Gasteiger partial charge < -0.3 is 4.74 Å². The second-order valence-corrected chi connectivity index (χ2v) is 3.36. The maximum atomic E-state index is 5.07. The SMILES string of the molecule is COC(Br)Cc1ccccc1. The molecule has 0 aromatic heterocycles. The molecule has 11 heavy (non-hydrogen) atoms. The van der Waals surface area contributed by atoms with Crippen LogP contribution < -0.4 is 0 Å². The van der Waals surface area contributed by atoms with Crippen molar-refractivity contribution in [3.63, 3.8) is 0 Å². The minimum absolute atomic E-state index is 0.130. The second-order valence-electron chi connectivity index (χ2n) is 2.34. The third-order valence-corrected chi connectivity index (χ3v) is 2.19. The fourth-order valence-corrected chi connectivity index (χ4v) is 1.26. The van der Waals surface area contributed by atoms with Crippen LogP contribution in [0.3, 0.4) is 0 Å². The van der Waals surface area contributed by atoms with Gasteiger partial charge in [0.15, 0.2) is 0 Å². The normalized spacial score (nSPS) is 12.9. The topological polar surface area (TPSA) is 9.23 Å². The van der Waals surface area contributed by atoms with E-state index in [1.54, 1.807) is 7.11 Å². The van der Waals surface area contributed by atoms with Crippen LogP contribution in [0.25, 0.3) is 0 Å². The number of ether oxygens (including phenoxy) is 1. The molecule has 0 bridgehead atoms. The average molecular weight is 215 g/mol. The Labute approximate surface area is 75.5 Å². The number of hydrogen-bond acceptors (Lipinski definition) is 1. The van der Waals surface area contributed by atoms with E-state index in [2.05, 4.69) is 28.1 Å². The van der Waals surface area contributed by atoms with Crippen molar-refractivity contribution >= 4 is 15.9 Å². The zero-order chi connectivity index (χ0) is 8.10. The first-order valence-corrected chi connectivity index (χ1v) is 4.45. The Morgan fingerprint density at radius 3 is 2.55 bits per heavy atom. The van der Waals surface area contributed by atoms with Gasteiger partial charge in [-0.25, -0.2) is 0 Å². The molecule has 1 unspecified atom stereocenters. The zero-order valence-corrected chi connectivity index (χ0v) is 8.04. The third kappa shape index (κ3) is 3.04. The third-order valence-electron chi connectivity index (χ3n) is 1.49. The lowest BCUT2D eigenvalue weighted by atomic mass is 10.2. The molecular weight excluding hydrogens is 204 g/mol. The van der Waals surface area contributed by atoms with Gasteiger partial charge >= 0.3 is 0 Å². The Hall–Kier alpha value is -0.340. The van der Waals surface area contributed by atoms with Gasteiger partial charge in [0.25, 0.3) is 0 Å². The van der Waals surface area contributed by atoms with Crippen LogP contribution in [-0.2, 0) is 11.2 Å². The van der Waals surface area contributed by atoms with E-state index >= 15 is 0 Å². The molecule has 0 saturated heterocycles. The van der Waals surface area contributed by atoms with Crippen molar-refractivity contribution in [1.82, 2.24) is 0 Å². The summed E-state index contributed by atoms with van der Waals surface area (Å²) in [5.74, 6) is 0. The van der Waals surface area contributed by atoms with Crippen molar-refractivity contribution in [1.29, 1.82) is 0 Å². The van der Waals surface area contributed by atoms with Crippen molar-refractivity contribution < 1.29 is 4.74 Å². The number of alkyl halides is 1. The van der Waals surface area contributed by atoms with E-state index in [9.17, 15) is 0 Å². The lowest BCUT2D eigenvalue weighted by Gasteiger charge is -2.06. The van der Waals surface area contributed by atoms with Crippen molar-refractivity contribution in [2.45, 2.75) is 11.4 Å². The van der Waals surface area contributed by atoms with E-state index in [0.29, 0.717) is 0 Å².